The molecule has 17 heavy (non-hydrogen) atoms. The molecule has 1 heterocycles. The molecule has 1 rings (SSSR count). The summed E-state index contributed by atoms with van der Waals surface area (Å²) in [4.78, 5) is 6.46. The molecule has 0 aliphatic heterocycles. The van der Waals surface area contributed by atoms with Crippen LogP contribution in [0.2, 0.25) is 0 Å². The highest BCUT2D eigenvalue weighted by Crippen LogP contribution is 2.14. The predicted octanol–water partition coefficient (Wildman–Crippen LogP) is 1.90. The van der Waals surface area contributed by atoms with Gasteiger partial charge in [0.15, 0.2) is 0 Å². The van der Waals surface area contributed by atoms with Gasteiger partial charge in [-0.15, -0.1) is 6.58 Å². The van der Waals surface area contributed by atoms with Crippen molar-refractivity contribution in [3.05, 3.63) is 36.0 Å². The van der Waals surface area contributed by atoms with Gasteiger partial charge in [-0.25, -0.2) is 4.98 Å². The largest absolute Gasteiger partial charge is 0.383 e. The topological polar surface area (TPSA) is 49.1 Å². The Bertz CT molecular complexity index is 423. The molecule has 90 valence electrons. The lowest BCUT2D eigenvalue weighted by Crippen LogP contribution is -2.28. The van der Waals surface area contributed by atoms with Crippen LogP contribution in [0.1, 0.15) is 11.3 Å². The van der Waals surface area contributed by atoms with Crippen LogP contribution in [-0.4, -0.2) is 31.8 Å². The number of aromatic nitrogens is 1. The summed E-state index contributed by atoms with van der Waals surface area (Å²) in [5.74, 6) is 0.790. The average Bonchev–Trinajstić information content (AvgIpc) is 2.33. The van der Waals surface area contributed by atoms with Crippen LogP contribution in [0.5, 0.6) is 0 Å². The van der Waals surface area contributed by atoms with E-state index in [-0.39, 0.29) is 0 Å². The molecule has 0 atom stereocenters. The van der Waals surface area contributed by atoms with Gasteiger partial charge < -0.3 is 9.64 Å². The van der Waals surface area contributed by atoms with Gasteiger partial charge in [0, 0.05) is 25.9 Å². The maximum Gasteiger partial charge on any atom is 0.130 e. The number of aryl methyl sites for hydroxylation is 1. The normalized spacial score (nSPS) is 9.71. The Morgan fingerprint density at radius 2 is 2.35 bits per heavy atom. The number of ether oxygens (including phenoxy) is 1. The third-order valence-corrected chi connectivity index (χ3v) is 2.31. The number of nitrogens with zero attached hydrogens (tertiary/aromatic N) is 3. The number of rotatable bonds is 6. The third kappa shape index (κ3) is 3.89. The first-order chi connectivity index (χ1) is 8.21. The summed E-state index contributed by atoms with van der Waals surface area (Å²) in [7, 11) is 1.66. The van der Waals surface area contributed by atoms with Crippen molar-refractivity contribution in [1.29, 1.82) is 5.26 Å². The van der Waals surface area contributed by atoms with Gasteiger partial charge in [-0.1, -0.05) is 6.08 Å². The highest BCUT2D eigenvalue weighted by atomic mass is 16.5. The number of nitriles is 1. The van der Waals surface area contributed by atoms with Crippen molar-refractivity contribution < 1.29 is 4.74 Å². The van der Waals surface area contributed by atoms with E-state index in [0.29, 0.717) is 18.7 Å². The van der Waals surface area contributed by atoms with Crippen molar-refractivity contribution in [1.82, 2.24) is 4.98 Å². The number of methoxy groups -OCH3 is 1. The summed E-state index contributed by atoms with van der Waals surface area (Å²) < 4.78 is 5.06. The lowest BCUT2D eigenvalue weighted by atomic mass is 10.2. The minimum absolute atomic E-state index is 0.616. The third-order valence-electron chi connectivity index (χ3n) is 2.31. The molecule has 0 aromatic carbocycles. The number of anilines is 1. The van der Waals surface area contributed by atoms with E-state index in [2.05, 4.69) is 17.6 Å². The summed E-state index contributed by atoms with van der Waals surface area (Å²) in [6.45, 7) is 7.63. The van der Waals surface area contributed by atoms with E-state index in [1.54, 1.807) is 19.2 Å². The van der Waals surface area contributed by atoms with Gasteiger partial charge in [0.2, 0.25) is 0 Å². The Morgan fingerprint density at radius 1 is 1.59 bits per heavy atom. The maximum atomic E-state index is 8.93. The molecule has 0 amide bonds. The fourth-order valence-electron chi connectivity index (χ4n) is 1.53. The smallest absolute Gasteiger partial charge is 0.130 e. The van der Waals surface area contributed by atoms with Crippen molar-refractivity contribution in [3.63, 3.8) is 0 Å². The zero-order valence-corrected chi connectivity index (χ0v) is 10.3. The average molecular weight is 231 g/mol. The summed E-state index contributed by atoms with van der Waals surface area (Å²) >= 11 is 0. The van der Waals surface area contributed by atoms with E-state index < -0.39 is 0 Å². The first kappa shape index (κ1) is 13.2. The number of pyridine rings is 1. The molecule has 0 saturated heterocycles. The van der Waals surface area contributed by atoms with E-state index >= 15 is 0 Å². The number of hydrogen-bond acceptors (Lipinski definition) is 4. The van der Waals surface area contributed by atoms with Gasteiger partial charge >= 0.3 is 0 Å². The van der Waals surface area contributed by atoms with Crippen molar-refractivity contribution in [2.75, 3.05) is 31.7 Å². The Morgan fingerprint density at radius 3 is 2.94 bits per heavy atom. The van der Waals surface area contributed by atoms with Crippen molar-refractivity contribution >= 4 is 5.82 Å². The Hall–Kier alpha value is -1.86. The standard InChI is InChI=1S/C13H17N3O/c1-4-5-16(6-7-17-3)13-9-12(10-14)8-11(2)15-13/h4,8-9H,1,5-7H2,2-3H3. The second-order valence-electron chi connectivity index (χ2n) is 3.69. The van der Waals surface area contributed by atoms with E-state index in [4.69, 9.17) is 10.00 Å². The zero-order valence-electron chi connectivity index (χ0n) is 10.3. The zero-order chi connectivity index (χ0) is 12.7. The van der Waals surface area contributed by atoms with Crippen molar-refractivity contribution in [2.24, 2.45) is 0 Å². The van der Waals surface area contributed by atoms with Gasteiger partial charge in [0.25, 0.3) is 0 Å². The van der Waals surface area contributed by atoms with E-state index in [1.807, 2.05) is 17.9 Å². The second kappa shape index (κ2) is 6.66. The molecule has 0 radical (unpaired) electrons. The molecule has 0 aliphatic carbocycles. The Balaban J connectivity index is 2.96. The molecule has 0 N–H and O–H groups in total. The summed E-state index contributed by atoms with van der Waals surface area (Å²) in [5.41, 5.74) is 1.46. The van der Waals surface area contributed by atoms with Gasteiger partial charge in [-0.05, 0) is 19.1 Å². The molecule has 0 fully saturated rings. The van der Waals surface area contributed by atoms with Crippen molar-refractivity contribution in [2.45, 2.75) is 6.92 Å². The van der Waals surface area contributed by atoms with E-state index in [0.717, 1.165) is 18.1 Å². The lowest BCUT2D eigenvalue weighted by Gasteiger charge is -2.22. The SMILES string of the molecule is C=CCN(CCOC)c1cc(C#N)cc(C)n1. The molecule has 0 spiro atoms. The first-order valence-electron chi connectivity index (χ1n) is 5.45. The van der Waals surface area contributed by atoms with Crippen molar-refractivity contribution in [3.8, 4) is 6.07 Å². The van der Waals surface area contributed by atoms with Crippen LogP contribution in [0.4, 0.5) is 5.82 Å². The van der Waals surface area contributed by atoms with Crippen LogP contribution in [0, 0.1) is 18.3 Å². The van der Waals surface area contributed by atoms with E-state index in [1.165, 1.54) is 0 Å². The highest BCUT2D eigenvalue weighted by Gasteiger charge is 2.08. The second-order valence-corrected chi connectivity index (χ2v) is 3.69. The summed E-state index contributed by atoms with van der Waals surface area (Å²) in [6, 6.07) is 5.69. The molecule has 0 aliphatic rings. The molecule has 0 saturated carbocycles. The number of hydrogen-bond donors (Lipinski definition) is 0. The Kier molecular flexibility index (Phi) is 5.18. The Labute approximate surface area is 102 Å². The van der Waals surface area contributed by atoms with Crippen LogP contribution in [0.3, 0.4) is 0 Å². The molecule has 4 heteroatoms. The molecule has 1 aromatic rings. The monoisotopic (exact) mass is 231 g/mol. The molecular weight excluding hydrogens is 214 g/mol. The molecular formula is C13H17N3O. The van der Waals surface area contributed by atoms with Crippen LogP contribution >= 0.6 is 0 Å². The molecule has 1 aromatic heterocycles. The highest BCUT2D eigenvalue weighted by molar-refractivity contribution is 5.47. The van der Waals surface area contributed by atoms with Gasteiger partial charge in [0.1, 0.15) is 5.82 Å². The fraction of sp³-hybridized carbons (Fsp3) is 0.385. The predicted molar refractivity (Wildman–Crippen MR) is 68.0 cm³/mol. The first-order valence-corrected chi connectivity index (χ1v) is 5.45. The van der Waals surface area contributed by atoms with Crippen LogP contribution in [0.25, 0.3) is 0 Å². The van der Waals surface area contributed by atoms with E-state index in [9.17, 15) is 0 Å². The summed E-state index contributed by atoms with van der Waals surface area (Å²) in [6.07, 6.45) is 1.81. The molecule has 0 unspecified atom stereocenters. The molecule has 4 nitrogen and oxygen atoms in total. The van der Waals surface area contributed by atoms with Gasteiger partial charge in [-0.2, -0.15) is 5.26 Å². The van der Waals surface area contributed by atoms with Crippen LogP contribution < -0.4 is 4.90 Å². The summed E-state index contributed by atoms with van der Waals surface area (Å²) in [5, 5.41) is 8.93. The van der Waals surface area contributed by atoms with Gasteiger partial charge in [-0.3, -0.25) is 0 Å². The lowest BCUT2D eigenvalue weighted by molar-refractivity contribution is 0.205. The van der Waals surface area contributed by atoms with Gasteiger partial charge in [0.05, 0.1) is 18.2 Å². The minimum Gasteiger partial charge on any atom is -0.383 e. The van der Waals surface area contributed by atoms with Crippen LogP contribution in [-0.2, 0) is 4.74 Å². The van der Waals surface area contributed by atoms with Crippen LogP contribution in [0.15, 0.2) is 24.8 Å². The fourth-order valence-corrected chi connectivity index (χ4v) is 1.53. The minimum atomic E-state index is 0.616. The quantitative estimate of drug-likeness (QED) is 0.702. The molecule has 0 bridgehead atoms. The maximum absolute atomic E-state index is 8.93.